The fourth-order valence-electron chi connectivity index (χ4n) is 3.83. The summed E-state index contributed by atoms with van der Waals surface area (Å²) in [5.41, 5.74) is 3.86. The Morgan fingerprint density at radius 3 is 2.31 bits per heavy atom. The van der Waals surface area contributed by atoms with Gasteiger partial charge in [0.25, 0.3) is 0 Å². The third kappa shape index (κ3) is 8.79. The van der Waals surface area contributed by atoms with E-state index in [0.29, 0.717) is 23.4 Å². The van der Waals surface area contributed by atoms with Crippen molar-refractivity contribution in [1.82, 2.24) is 19.5 Å². The summed E-state index contributed by atoms with van der Waals surface area (Å²) in [6.45, 7) is 0. The summed E-state index contributed by atoms with van der Waals surface area (Å²) in [5, 5.41) is 13.4. The van der Waals surface area contributed by atoms with E-state index in [0.717, 1.165) is 28.7 Å². The van der Waals surface area contributed by atoms with Crippen LogP contribution in [0.2, 0.25) is 0 Å². The van der Waals surface area contributed by atoms with Gasteiger partial charge in [-0.25, -0.2) is 19.2 Å². The van der Waals surface area contributed by atoms with Crippen molar-refractivity contribution in [1.29, 1.82) is 0 Å². The van der Waals surface area contributed by atoms with Gasteiger partial charge in [-0.2, -0.15) is 26.6 Å². The molecule has 0 bridgehead atoms. The number of carbonyl (C=O) groups is 1. The van der Waals surface area contributed by atoms with E-state index in [4.69, 9.17) is 19.1 Å². The number of hydrogen-bond donors (Lipinski definition) is 3. The molecule has 0 saturated heterocycles. The van der Waals surface area contributed by atoms with Crippen molar-refractivity contribution < 1.29 is 40.1 Å². The first-order valence-electron chi connectivity index (χ1n) is 12.7. The number of alkyl halides is 3. The predicted molar refractivity (Wildman–Crippen MR) is 159 cm³/mol. The summed E-state index contributed by atoms with van der Waals surface area (Å²) in [7, 11) is 0.149. The Morgan fingerprint density at radius 2 is 1.67 bits per heavy atom. The Balaban J connectivity index is 0.000000591. The molecule has 0 radical (unpaired) electrons. The van der Waals surface area contributed by atoms with Crippen molar-refractivity contribution in [2.75, 3.05) is 28.8 Å². The number of carboxylic acid groups (broad SMARTS) is 1. The SMILES string of the molecule is CN(c1ccc2c(c1)nc(Nc1ccc(F)cc1)n2C)c1ccnc(Nc2cccc(OS(C)(=O)=O)c2)n1.O=C(O)C(F)(F)F. The lowest BCUT2D eigenvalue weighted by atomic mass is 10.2. The van der Waals surface area contributed by atoms with Gasteiger partial charge in [-0.15, -0.1) is 0 Å². The largest absolute Gasteiger partial charge is 0.490 e. The number of nitrogens with zero attached hydrogens (tertiary/aromatic N) is 5. The molecule has 2 aromatic heterocycles. The molecule has 0 saturated carbocycles. The molecule has 0 atom stereocenters. The van der Waals surface area contributed by atoms with E-state index in [-0.39, 0.29) is 11.6 Å². The lowest BCUT2D eigenvalue weighted by molar-refractivity contribution is -0.192. The van der Waals surface area contributed by atoms with Crippen LogP contribution in [-0.4, -0.2) is 58.5 Å². The molecule has 0 aliphatic rings. The third-order valence-electron chi connectivity index (χ3n) is 5.92. The van der Waals surface area contributed by atoms with E-state index in [1.165, 1.54) is 12.1 Å². The summed E-state index contributed by atoms with van der Waals surface area (Å²) in [6, 6.07) is 20.3. The van der Waals surface area contributed by atoms with E-state index in [1.54, 1.807) is 48.7 Å². The Morgan fingerprint density at radius 1 is 0.978 bits per heavy atom. The molecule has 45 heavy (non-hydrogen) atoms. The zero-order chi connectivity index (χ0) is 32.9. The number of halogens is 4. The second-order valence-electron chi connectivity index (χ2n) is 9.34. The van der Waals surface area contributed by atoms with E-state index < -0.39 is 22.3 Å². The van der Waals surface area contributed by atoms with Crippen molar-refractivity contribution >= 4 is 61.9 Å². The molecular formula is C28H25F4N7O5S. The second-order valence-corrected chi connectivity index (χ2v) is 10.9. The van der Waals surface area contributed by atoms with Crippen LogP contribution in [0.1, 0.15) is 0 Å². The van der Waals surface area contributed by atoms with Crippen LogP contribution in [0, 0.1) is 5.82 Å². The molecule has 0 spiro atoms. The summed E-state index contributed by atoms with van der Waals surface area (Å²) < 4.78 is 74.7. The highest BCUT2D eigenvalue weighted by Gasteiger charge is 2.38. The van der Waals surface area contributed by atoms with Crippen molar-refractivity contribution in [3.63, 3.8) is 0 Å². The summed E-state index contributed by atoms with van der Waals surface area (Å²) in [6.07, 6.45) is -2.47. The van der Waals surface area contributed by atoms with Crippen LogP contribution in [0.5, 0.6) is 5.75 Å². The smallest absolute Gasteiger partial charge is 0.475 e. The fourth-order valence-corrected chi connectivity index (χ4v) is 4.28. The van der Waals surface area contributed by atoms with Crippen LogP contribution in [0.25, 0.3) is 11.0 Å². The molecule has 17 heteroatoms. The molecule has 3 aromatic carbocycles. The number of fused-ring (bicyclic) bond motifs is 1. The Hall–Kier alpha value is -5.45. The molecule has 3 N–H and O–H groups in total. The Labute approximate surface area is 254 Å². The van der Waals surface area contributed by atoms with Crippen LogP contribution >= 0.6 is 0 Å². The average molecular weight is 648 g/mol. The normalized spacial score (nSPS) is 11.4. The minimum absolute atomic E-state index is 0.183. The van der Waals surface area contributed by atoms with Gasteiger partial charge in [0.05, 0.1) is 17.3 Å². The topological polar surface area (TPSA) is 152 Å². The summed E-state index contributed by atoms with van der Waals surface area (Å²) in [4.78, 5) is 24.4. The third-order valence-corrected chi connectivity index (χ3v) is 6.41. The number of aryl methyl sites for hydroxylation is 1. The molecule has 236 valence electrons. The summed E-state index contributed by atoms with van der Waals surface area (Å²) >= 11 is 0. The number of rotatable bonds is 8. The predicted octanol–water partition coefficient (Wildman–Crippen LogP) is 5.73. The van der Waals surface area contributed by atoms with E-state index >= 15 is 0 Å². The maximum absolute atomic E-state index is 13.2. The lowest BCUT2D eigenvalue weighted by Crippen LogP contribution is -2.21. The second kappa shape index (κ2) is 13.0. The summed E-state index contributed by atoms with van der Waals surface area (Å²) in [5.74, 6) is -1.29. The number of benzene rings is 3. The van der Waals surface area contributed by atoms with E-state index in [2.05, 4.69) is 20.6 Å². The van der Waals surface area contributed by atoms with Gasteiger partial charge in [-0.1, -0.05) is 6.07 Å². The zero-order valence-electron chi connectivity index (χ0n) is 23.7. The number of imidazole rings is 1. The number of anilines is 6. The van der Waals surface area contributed by atoms with E-state index in [9.17, 15) is 26.0 Å². The van der Waals surface area contributed by atoms with Gasteiger partial charge >= 0.3 is 22.3 Å². The van der Waals surface area contributed by atoms with Gasteiger partial charge in [-0.3, -0.25) is 0 Å². The highest BCUT2D eigenvalue weighted by molar-refractivity contribution is 7.86. The molecule has 0 aliphatic carbocycles. The molecule has 0 amide bonds. The van der Waals surface area contributed by atoms with Crippen molar-refractivity contribution in [3.05, 3.63) is 84.8 Å². The molecular weight excluding hydrogens is 622 g/mol. The van der Waals surface area contributed by atoms with Crippen LogP contribution in [0.4, 0.5) is 52.3 Å². The Bertz CT molecular complexity index is 1930. The number of aliphatic carboxylic acids is 1. The molecule has 0 aliphatic heterocycles. The monoisotopic (exact) mass is 647 g/mol. The van der Waals surface area contributed by atoms with Crippen molar-refractivity contribution in [2.24, 2.45) is 7.05 Å². The molecule has 0 fully saturated rings. The maximum Gasteiger partial charge on any atom is 0.490 e. The first-order chi connectivity index (χ1) is 21.1. The highest BCUT2D eigenvalue weighted by Crippen LogP contribution is 2.29. The van der Waals surface area contributed by atoms with Gasteiger partial charge in [-0.05, 0) is 60.7 Å². The van der Waals surface area contributed by atoms with Crippen LogP contribution in [-0.2, 0) is 22.0 Å². The number of hydrogen-bond acceptors (Lipinski definition) is 10. The number of carboxylic acids is 1. The highest BCUT2D eigenvalue weighted by atomic mass is 32.2. The zero-order valence-corrected chi connectivity index (χ0v) is 24.6. The van der Waals surface area contributed by atoms with Gasteiger partial charge < -0.3 is 29.4 Å². The molecule has 0 unspecified atom stereocenters. The van der Waals surface area contributed by atoms with E-state index in [1.807, 2.05) is 41.8 Å². The van der Waals surface area contributed by atoms with Gasteiger partial charge in [0.15, 0.2) is 0 Å². The first kappa shape index (κ1) is 32.5. The maximum atomic E-state index is 13.2. The van der Waals surface area contributed by atoms with Gasteiger partial charge in [0.1, 0.15) is 17.4 Å². The van der Waals surface area contributed by atoms with Crippen LogP contribution in [0.15, 0.2) is 79.0 Å². The van der Waals surface area contributed by atoms with Crippen molar-refractivity contribution in [2.45, 2.75) is 6.18 Å². The van der Waals surface area contributed by atoms with Gasteiger partial charge in [0.2, 0.25) is 11.9 Å². The quantitative estimate of drug-likeness (QED) is 0.140. The minimum atomic E-state index is -5.08. The fraction of sp³-hybridized carbons (Fsp3) is 0.143. The van der Waals surface area contributed by atoms with Gasteiger partial charge in [0, 0.05) is 43.4 Å². The molecule has 12 nitrogen and oxygen atoms in total. The average Bonchev–Trinajstić information content (AvgIpc) is 3.27. The standard InChI is InChI=1S/C26H24FN7O3S.C2HF3O2/c1-33(24-13-14-28-25(32-24)29-19-5-4-6-21(15-19)37-38(3,35)36)20-11-12-23-22(16-20)31-26(34(23)2)30-18-9-7-17(27)8-10-18;3-2(4,5)1(6)7/h4-16H,1-3H3,(H,30,31)(H,28,29,32);(H,6,7). The Kier molecular flexibility index (Phi) is 9.41. The molecule has 5 aromatic rings. The molecule has 5 rings (SSSR count). The van der Waals surface area contributed by atoms with Crippen molar-refractivity contribution in [3.8, 4) is 5.75 Å². The van der Waals surface area contributed by atoms with Crippen LogP contribution in [0.3, 0.4) is 0 Å². The van der Waals surface area contributed by atoms with Crippen LogP contribution < -0.4 is 19.7 Å². The number of nitrogens with one attached hydrogen (secondary N) is 2. The minimum Gasteiger partial charge on any atom is -0.475 e. The first-order valence-corrected chi connectivity index (χ1v) is 14.5. The lowest BCUT2D eigenvalue weighted by Gasteiger charge is -2.19. The molecule has 2 heterocycles. The number of aromatic nitrogens is 4.